The molecule has 3 rings (SSSR count). The molecular weight excluding hydrogens is 280 g/mol. The number of aryl methyl sites for hydroxylation is 2. The third-order valence-electron chi connectivity index (χ3n) is 3.33. The summed E-state index contributed by atoms with van der Waals surface area (Å²) in [5, 5.41) is 7.27. The Balaban J connectivity index is 2.03. The van der Waals surface area contributed by atoms with Crippen molar-refractivity contribution >= 4 is 11.4 Å². The van der Waals surface area contributed by atoms with Gasteiger partial charge in [0.05, 0.1) is 12.8 Å². The van der Waals surface area contributed by atoms with Gasteiger partial charge in [-0.3, -0.25) is 4.98 Å². The minimum Gasteiger partial charge on any atom is -0.480 e. The molecule has 3 heterocycles. The lowest BCUT2D eigenvalue weighted by Gasteiger charge is -2.11. The Morgan fingerprint density at radius 1 is 1.18 bits per heavy atom. The topological polar surface area (TPSA) is 73.1 Å². The highest BCUT2D eigenvalue weighted by molar-refractivity contribution is 5.74. The van der Waals surface area contributed by atoms with Crippen molar-refractivity contribution in [1.82, 2.24) is 15.1 Å². The number of rotatable bonds is 4. The molecule has 0 saturated carbocycles. The van der Waals surface area contributed by atoms with E-state index < -0.39 is 0 Å². The second kappa shape index (κ2) is 5.85. The molecule has 1 N–H and O–H groups in total. The first-order valence-corrected chi connectivity index (χ1v) is 6.83. The van der Waals surface area contributed by atoms with Gasteiger partial charge in [0.2, 0.25) is 5.88 Å². The normalized spacial score (nSPS) is 10.5. The summed E-state index contributed by atoms with van der Waals surface area (Å²) in [4.78, 5) is 8.37. The number of aromatic nitrogens is 3. The van der Waals surface area contributed by atoms with Crippen LogP contribution in [0.2, 0.25) is 0 Å². The average Bonchev–Trinajstić information content (AvgIpc) is 2.87. The van der Waals surface area contributed by atoms with Gasteiger partial charge in [0.1, 0.15) is 11.4 Å². The minimum absolute atomic E-state index is 0.521. The molecule has 0 aliphatic rings. The number of hydrogen-bond donors (Lipinski definition) is 1. The van der Waals surface area contributed by atoms with Gasteiger partial charge in [-0.15, -0.1) is 0 Å². The fourth-order valence-corrected chi connectivity index (χ4v) is 2.33. The van der Waals surface area contributed by atoms with E-state index in [2.05, 4.69) is 20.4 Å². The van der Waals surface area contributed by atoms with Crippen LogP contribution in [0.15, 0.2) is 41.3 Å². The zero-order valence-electron chi connectivity index (χ0n) is 12.6. The fraction of sp³-hybridized carbons (Fsp3) is 0.188. The monoisotopic (exact) mass is 296 g/mol. The molecule has 0 fully saturated rings. The molecule has 3 aromatic heterocycles. The van der Waals surface area contributed by atoms with Crippen LogP contribution in [0.25, 0.3) is 11.1 Å². The van der Waals surface area contributed by atoms with Crippen LogP contribution in [0.1, 0.15) is 11.5 Å². The lowest BCUT2D eigenvalue weighted by Crippen LogP contribution is -1.98. The Hall–Kier alpha value is -2.89. The molecule has 0 saturated heterocycles. The van der Waals surface area contributed by atoms with Gasteiger partial charge in [-0.2, -0.15) is 0 Å². The van der Waals surface area contributed by atoms with Crippen LogP contribution in [0.3, 0.4) is 0 Å². The zero-order chi connectivity index (χ0) is 15.5. The predicted molar refractivity (Wildman–Crippen MR) is 83.3 cm³/mol. The molecule has 0 aliphatic carbocycles. The molecule has 22 heavy (non-hydrogen) atoms. The van der Waals surface area contributed by atoms with Crippen molar-refractivity contribution in [2.24, 2.45) is 0 Å². The van der Waals surface area contributed by atoms with Gasteiger partial charge in [-0.05, 0) is 32.0 Å². The second-order valence-electron chi connectivity index (χ2n) is 4.84. The highest BCUT2D eigenvalue weighted by Gasteiger charge is 2.14. The second-order valence-corrected chi connectivity index (χ2v) is 4.84. The summed E-state index contributed by atoms with van der Waals surface area (Å²) >= 11 is 0. The number of nitrogens with zero attached hydrogens (tertiary/aromatic N) is 3. The molecule has 0 unspecified atom stereocenters. The van der Waals surface area contributed by atoms with E-state index in [4.69, 9.17) is 9.26 Å². The summed E-state index contributed by atoms with van der Waals surface area (Å²) in [6.45, 7) is 3.79. The Morgan fingerprint density at radius 2 is 1.95 bits per heavy atom. The van der Waals surface area contributed by atoms with Crippen LogP contribution in [0.5, 0.6) is 5.88 Å². The van der Waals surface area contributed by atoms with Gasteiger partial charge >= 0.3 is 0 Å². The largest absolute Gasteiger partial charge is 0.480 e. The Morgan fingerprint density at radius 3 is 2.59 bits per heavy atom. The van der Waals surface area contributed by atoms with E-state index in [1.165, 1.54) is 0 Å². The average molecular weight is 296 g/mol. The van der Waals surface area contributed by atoms with E-state index >= 15 is 0 Å². The van der Waals surface area contributed by atoms with Gasteiger partial charge in [0, 0.05) is 35.4 Å². The molecule has 6 nitrogen and oxygen atoms in total. The van der Waals surface area contributed by atoms with Crippen LogP contribution < -0.4 is 10.1 Å². The molecule has 3 aromatic rings. The Labute approximate surface area is 128 Å². The quantitative estimate of drug-likeness (QED) is 0.794. The Kier molecular flexibility index (Phi) is 3.74. The fourth-order valence-electron chi connectivity index (χ4n) is 2.33. The van der Waals surface area contributed by atoms with Crippen molar-refractivity contribution < 1.29 is 9.26 Å². The summed E-state index contributed by atoms with van der Waals surface area (Å²) in [6, 6.07) is 5.73. The van der Waals surface area contributed by atoms with Crippen molar-refractivity contribution in [1.29, 1.82) is 0 Å². The van der Waals surface area contributed by atoms with E-state index in [1.54, 1.807) is 25.7 Å². The van der Waals surface area contributed by atoms with Crippen molar-refractivity contribution in [2.45, 2.75) is 13.8 Å². The van der Waals surface area contributed by atoms with Crippen molar-refractivity contribution in [3.05, 3.63) is 48.2 Å². The van der Waals surface area contributed by atoms with Crippen LogP contribution in [0, 0.1) is 13.8 Å². The standard InChI is InChI=1S/C16H16N4O2/c1-10-15(11(2)22-20-10)12-8-14(16(21-3)18-9-12)19-13-4-6-17-7-5-13/h4-9H,1-3H3,(H,17,19). The molecule has 6 heteroatoms. The summed E-state index contributed by atoms with van der Waals surface area (Å²) < 4.78 is 10.5. The molecule has 0 amide bonds. The summed E-state index contributed by atoms with van der Waals surface area (Å²) in [7, 11) is 1.59. The zero-order valence-corrected chi connectivity index (χ0v) is 12.6. The molecule has 0 aliphatic heterocycles. The van der Waals surface area contributed by atoms with Gasteiger partial charge in [-0.1, -0.05) is 5.16 Å². The predicted octanol–water partition coefficient (Wildman–Crippen LogP) is 3.50. The van der Waals surface area contributed by atoms with Crippen LogP contribution in [0.4, 0.5) is 11.4 Å². The smallest absolute Gasteiger partial charge is 0.237 e. The van der Waals surface area contributed by atoms with Crippen LogP contribution in [-0.4, -0.2) is 22.2 Å². The minimum atomic E-state index is 0.521. The van der Waals surface area contributed by atoms with Gasteiger partial charge in [-0.25, -0.2) is 4.98 Å². The molecule has 0 atom stereocenters. The van der Waals surface area contributed by atoms with Crippen molar-refractivity contribution in [3.8, 4) is 17.0 Å². The summed E-state index contributed by atoms with van der Waals surface area (Å²) in [6.07, 6.45) is 5.20. The maximum absolute atomic E-state index is 5.32. The van der Waals surface area contributed by atoms with Crippen LogP contribution >= 0.6 is 0 Å². The van der Waals surface area contributed by atoms with Crippen LogP contribution in [-0.2, 0) is 0 Å². The summed E-state index contributed by atoms with van der Waals surface area (Å²) in [5.74, 6) is 1.28. The van der Waals surface area contributed by atoms with E-state index in [0.717, 1.165) is 34.0 Å². The van der Waals surface area contributed by atoms with E-state index in [9.17, 15) is 0 Å². The first kappa shape index (κ1) is 14.1. The van der Waals surface area contributed by atoms with E-state index in [0.29, 0.717) is 5.88 Å². The first-order chi connectivity index (χ1) is 10.7. The molecule has 0 spiro atoms. The first-order valence-electron chi connectivity index (χ1n) is 6.83. The highest BCUT2D eigenvalue weighted by atomic mass is 16.5. The third kappa shape index (κ3) is 2.63. The van der Waals surface area contributed by atoms with Gasteiger partial charge < -0.3 is 14.6 Å². The number of pyridine rings is 2. The lowest BCUT2D eigenvalue weighted by molar-refractivity contribution is 0.393. The number of hydrogen-bond acceptors (Lipinski definition) is 6. The van der Waals surface area contributed by atoms with E-state index in [-0.39, 0.29) is 0 Å². The maximum atomic E-state index is 5.32. The Bertz CT molecular complexity index is 765. The third-order valence-corrected chi connectivity index (χ3v) is 3.33. The van der Waals surface area contributed by atoms with Crippen molar-refractivity contribution in [2.75, 3.05) is 12.4 Å². The number of methoxy groups -OCH3 is 1. The number of ether oxygens (including phenoxy) is 1. The van der Waals surface area contributed by atoms with Gasteiger partial charge in [0.15, 0.2) is 0 Å². The summed E-state index contributed by atoms with van der Waals surface area (Å²) in [5.41, 5.74) is 4.39. The van der Waals surface area contributed by atoms with Gasteiger partial charge in [0.25, 0.3) is 0 Å². The number of nitrogens with one attached hydrogen (secondary N) is 1. The molecule has 112 valence electrons. The molecule has 0 bridgehead atoms. The van der Waals surface area contributed by atoms with E-state index in [1.807, 2.05) is 32.0 Å². The highest BCUT2D eigenvalue weighted by Crippen LogP contribution is 2.33. The SMILES string of the molecule is COc1ncc(-c2c(C)noc2C)cc1Nc1ccncc1. The molecule has 0 radical (unpaired) electrons. The van der Waals surface area contributed by atoms with Crippen molar-refractivity contribution in [3.63, 3.8) is 0 Å². The maximum Gasteiger partial charge on any atom is 0.237 e. The molecular formula is C16H16N4O2. The lowest BCUT2D eigenvalue weighted by atomic mass is 10.1. The number of anilines is 2. The molecule has 0 aromatic carbocycles.